The number of carbonyl (C=O) groups is 4. The van der Waals surface area contributed by atoms with Crippen molar-refractivity contribution in [1.82, 2.24) is 0 Å². The highest BCUT2D eigenvalue weighted by atomic mass is 31.2. The number of esters is 4. The molecule has 112 heavy (non-hydrogen) atoms. The summed E-state index contributed by atoms with van der Waals surface area (Å²) in [6.07, 6.45) is 79.3. The molecule has 17 nitrogen and oxygen atoms in total. The predicted molar refractivity (Wildman–Crippen MR) is 465 cm³/mol. The highest BCUT2D eigenvalue weighted by molar-refractivity contribution is 7.47. The van der Waals surface area contributed by atoms with Crippen LogP contribution < -0.4 is 0 Å². The Morgan fingerprint density at radius 2 is 0.455 bits per heavy atom. The largest absolute Gasteiger partial charge is 0.472 e. The average molecular weight is 1630 g/mol. The first-order valence-corrected chi connectivity index (χ1v) is 51.0. The molecular weight excluding hydrogens is 1450 g/mol. The molecule has 666 valence electrons. The van der Waals surface area contributed by atoms with Gasteiger partial charge in [-0.2, -0.15) is 0 Å². The summed E-state index contributed by atoms with van der Waals surface area (Å²) < 4.78 is 69.2. The van der Waals surface area contributed by atoms with Gasteiger partial charge in [-0.05, 0) is 37.5 Å². The number of unbranched alkanes of at least 4 members (excludes halogenated alkanes) is 61. The van der Waals surface area contributed by atoms with Gasteiger partial charge in [0, 0.05) is 25.7 Å². The van der Waals surface area contributed by atoms with Crippen molar-refractivity contribution in [2.45, 2.75) is 522 Å². The molecule has 0 aliphatic rings. The number of carbonyl (C=O) groups excluding carboxylic acids is 4. The topological polar surface area (TPSA) is 237 Å². The van der Waals surface area contributed by atoms with E-state index in [-0.39, 0.29) is 25.7 Å². The molecule has 0 heterocycles. The Morgan fingerprint density at radius 1 is 0.259 bits per heavy atom. The second-order valence-corrected chi connectivity index (χ2v) is 37.0. The summed E-state index contributed by atoms with van der Waals surface area (Å²) in [5, 5.41) is 10.7. The maximum absolute atomic E-state index is 13.2. The van der Waals surface area contributed by atoms with Crippen LogP contribution in [0.2, 0.25) is 0 Å². The van der Waals surface area contributed by atoms with E-state index in [9.17, 15) is 43.2 Å². The highest BCUT2D eigenvalue weighted by Gasteiger charge is 2.31. The lowest BCUT2D eigenvalue weighted by atomic mass is 9.99. The zero-order chi connectivity index (χ0) is 82.0. The first-order chi connectivity index (χ1) is 54.4. The summed E-state index contributed by atoms with van der Waals surface area (Å²) in [4.78, 5) is 73.5. The fourth-order valence-corrected chi connectivity index (χ4v) is 16.2. The van der Waals surface area contributed by atoms with Crippen LogP contribution in [0, 0.1) is 11.8 Å². The zero-order valence-corrected chi connectivity index (χ0v) is 75.8. The first kappa shape index (κ1) is 110. The molecule has 0 aromatic rings. The SMILES string of the molecule is CCCCCCCCCCCCCCCCCCCCCCCC(=O)O[C@H](COC(=O)CCCCCCCCCCCCCCCCCCCCCC)COP(=O)(O)OC[C@@H](O)COP(=O)(O)OC[C@@H](COC(=O)CCCCCCCCCCC(C)CC)OC(=O)CCCCCCCCCCCCCCCCCCC(C)C. The quantitative estimate of drug-likeness (QED) is 0.0222. The summed E-state index contributed by atoms with van der Waals surface area (Å²) in [5.41, 5.74) is 0. The van der Waals surface area contributed by atoms with E-state index in [4.69, 9.17) is 37.0 Å². The van der Waals surface area contributed by atoms with Gasteiger partial charge in [0.25, 0.3) is 0 Å². The van der Waals surface area contributed by atoms with E-state index in [1.165, 1.54) is 321 Å². The zero-order valence-electron chi connectivity index (χ0n) is 74.0. The standard InChI is InChI=1S/C93H182O17P2/c1-7-10-12-14-16-18-20-22-24-26-28-30-32-34-39-43-47-51-59-65-71-77-92(97)109-88(81-103-90(95)75-69-63-57-50-46-42-38-33-31-29-27-25-23-21-19-17-15-13-11-8-2)83-107-111(99,100)105-79-87(94)80-106-112(101,102)108-84-89(82-104-91(96)76-70-64-58-54-53-56-62-68-74-86(6)9-3)110-93(98)78-72-66-60-52-48-44-40-36-35-37-41-45-49-55-61-67-73-85(4)5/h85-89,94H,7-84H2,1-6H3,(H,99,100)(H,101,102)/t86?,87-,88-,89-/m1/s1. The molecular formula is C93H182O17P2. The van der Waals surface area contributed by atoms with Gasteiger partial charge in [0.1, 0.15) is 19.3 Å². The van der Waals surface area contributed by atoms with Crippen LogP contribution >= 0.6 is 15.6 Å². The number of hydrogen-bond acceptors (Lipinski definition) is 15. The number of aliphatic hydroxyl groups excluding tert-OH is 1. The molecule has 19 heteroatoms. The van der Waals surface area contributed by atoms with Gasteiger partial charge < -0.3 is 33.8 Å². The van der Waals surface area contributed by atoms with Crippen LogP contribution in [0.3, 0.4) is 0 Å². The molecule has 0 saturated carbocycles. The van der Waals surface area contributed by atoms with E-state index in [0.29, 0.717) is 25.7 Å². The third-order valence-corrected chi connectivity index (χ3v) is 24.2. The summed E-state index contributed by atoms with van der Waals surface area (Å²) in [6.45, 7) is 9.75. The van der Waals surface area contributed by atoms with Crippen molar-refractivity contribution in [2.24, 2.45) is 11.8 Å². The number of rotatable bonds is 92. The molecule has 3 N–H and O–H groups in total. The second-order valence-electron chi connectivity index (χ2n) is 34.1. The summed E-state index contributed by atoms with van der Waals surface area (Å²) in [5.74, 6) is -0.508. The maximum Gasteiger partial charge on any atom is 0.472 e. The van der Waals surface area contributed by atoms with Crippen molar-refractivity contribution in [1.29, 1.82) is 0 Å². The number of hydrogen-bond donors (Lipinski definition) is 3. The predicted octanol–water partition coefficient (Wildman–Crippen LogP) is 29.0. The lowest BCUT2D eigenvalue weighted by molar-refractivity contribution is -0.161. The fraction of sp³-hybridized carbons (Fsp3) is 0.957. The maximum atomic E-state index is 13.2. The van der Waals surface area contributed by atoms with E-state index in [2.05, 4.69) is 41.5 Å². The highest BCUT2D eigenvalue weighted by Crippen LogP contribution is 2.45. The third kappa shape index (κ3) is 84.5. The third-order valence-electron chi connectivity index (χ3n) is 22.3. The van der Waals surface area contributed by atoms with Crippen LogP contribution in [-0.4, -0.2) is 96.7 Å². The number of phosphoric ester groups is 2. The molecule has 6 atom stereocenters. The number of ether oxygens (including phenoxy) is 4. The Labute approximate surface area is 689 Å². The van der Waals surface area contributed by atoms with Crippen LogP contribution in [0.25, 0.3) is 0 Å². The minimum atomic E-state index is -4.97. The Hall–Kier alpha value is -1.94. The van der Waals surface area contributed by atoms with E-state index in [1.54, 1.807) is 0 Å². The Kier molecular flexibility index (Phi) is 82.6. The van der Waals surface area contributed by atoms with E-state index >= 15 is 0 Å². The smallest absolute Gasteiger partial charge is 0.462 e. The van der Waals surface area contributed by atoms with E-state index in [0.717, 1.165) is 102 Å². The van der Waals surface area contributed by atoms with Crippen molar-refractivity contribution in [3.63, 3.8) is 0 Å². The molecule has 0 aliphatic heterocycles. The number of phosphoric acid groups is 2. The Bertz CT molecular complexity index is 2130. The number of aliphatic hydroxyl groups is 1. The molecule has 0 radical (unpaired) electrons. The first-order valence-electron chi connectivity index (χ1n) is 48.0. The van der Waals surface area contributed by atoms with Gasteiger partial charge in [0.2, 0.25) is 0 Å². The normalized spacial score (nSPS) is 13.9. The van der Waals surface area contributed by atoms with Gasteiger partial charge in [0.05, 0.1) is 26.4 Å². The molecule has 0 amide bonds. The lowest BCUT2D eigenvalue weighted by Gasteiger charge is -2.21. The molecule has 0 rings (SSSR count). The molecule has 0 aliphatic carbocycles. The van der Waals surface area contributed by atoms with E-state index < -0.39 is 97.5 Å². The van der Waals surface area contributed by atoms with Crippen molar-refractivity contribution in [3.8, 4) is 0 Å². The van der Waals surface area contributed by atoms with Gasteiger partial charge in [-0.15, -0.1) is 0 Å². The van der Waals surface area contributed by atoms with Crippen molar-refractivity contribution in [3.05, 3.63) is 0 Å². The summed E-state index contributed by atoms with van der Waals surface area (Å²) in [6, 6.07) is 0. The van der Waals surface area contributed by atoms with Gasteiger partial charge in [0.15, 0.2) is 12.2 Å². The van der Waals surface area contributed by atoms with Crippen LogP contribution in [0.4, 0.5) is 0 Å². The monoisotopic (exact) mass is 1630 g/mol. The van der Waals surface area contributed by atoms with Gasteiger partial charge in [-0.25, -0.2) is 9.13 Å². The van der Waals surface area contributed by atoms with Gasteiger partial charge >= 0.3 is 39.5 Å². The average Bonchev–Trinajstić information content (AvgIpc) is 0.902. The van der Waals surface area contributed by atoms with Crippen molar-refractivity contribution >= 4 is 39.5 Å². The van der Waals surface area contributed by atoms with Crippen LogP contribution in [0.5, 0.6) is 0 Å². The molecule has 0 spiro atoms. The molecule has 3 unspecified atom stereocenters. The Morgan fingerprint density at radius 3 is 0.679 bits per heavy atom. The second kappa shape index (κ2) is 84.1. The summed E-state index contributed by atoms with van der Waals surface area (Å²) >= 11 is 0. The lowest BCUT2D eigenvalue weighted by Crippen LogP contribution is -2.30. The van der Waals surface area contributed by atoms with Crippen LogP contribution in [-0.2, 0) is 65.4 Å². The van der Waals surface area contributed by atoms with Crippen molar-refractivity contribution < 1.29 is 80.2 Å². The van der Waals surface area contributed by atoms with Crippen LogP contribution in [0.1, 0.15) is 504 Å². The molecule has 0 aromatic heterocycles. The molecule has 0 aromatic carbocycles. The minimum absolute atomic E-state index is 0.108. The molecule has 0 saturated heterocycles. The summed E-state index contributed by atoms with van der Waals surface area (Å²) in [7, 11) is -9.94. The molecule has 0 bridgehead atoms. The minimum Gasteiger partial charge on any atom is -0.462 e. The Balaban J connectivity index is 5.25. The molecule has 0 fully saturated rings. The van der Waals surface area contributed by atoms with Gasteiger partial charge in [-0.1, -0.05) is 452 Å². The fourth-order valence-electron chi connectivity index (χ4n) is 14.6. The van der Waals surface area contributed by atoms with Gasteiger partial charge in [-0.3, -0.25) is 37.3 Å². The van der Waals surface area contributed by atoms with E-state index in [1.807, 2.05) is 0 Å². The van der Waals surface area contributed by atoms with Crippen molar-refractivity contribution in [2.75, 3.05) is 39.6 Å². The van der Waals surface area contributed by atoms with Crippen LogP contribution in [0.15, 0.2) is 0 Å².